The molecule has 0 bridgehead atoms. The quantitative estimate of drug-likeness (QED) is 0.754. The Balaban J connectivity index is 2.48. The lowest BCUT2D eigenvalue weighted by molar-refractivity contribution is 0.103. The molecular weight excluding hydrogens is 310 g/mol. The van der Waals surface area contributed by atoms with Gasteiger partial charge in [-0.25, -0.2) is 8.78 Å². The number of hydrogen-bond donors (Lipinski definition) is 0. The molecule has 88 valence electrons. The SMILES string of the molecule is Cc1ccc(C(=O)c2csc(Br)c2)c(F)c1F. The van der Waals surface area contributed by atoms with Crippen LogP contribution in [-0.4, -0.2) is 5.78 Å². The van der Waals surface area contributed by atoms with E-state index in [1.807, 2.05) is 0 Å². The molecule has 0 radical (unpaired) electrons. The van der Waals surface area contributed by atoms with Gasteiger partial charge in [-0.15, -0.1) is 11.3 Å². The van der Waals surface area contributed by atoms with Gasteiger partial charge < -0.3 is 0 Å². The predicted octanol–water partition coefficient (Wildman–Crippen LogP) is 4.33. The minimum absolute atomic E-state index is 0.186. The number of benzene rings is 1. The van der Waals surface area contributed by atoms with Crippen LogP contribution < -0.4 is 0 Å². The van der Waals surface area contributed by atoms with E-state index >= 15 is 0 Å². The van der Waals surface area contributed by atoms with E-state index in [0.29, 0.717) is 5.56 Å². The second-order valence-electron chi connectivity index (χ2n) is 3.53. The summed E-state index contributed by atoms with van der Waals surface area (Å²) < 4.78 is 27.7. The minimum Gasteiger partial charge on any atom is -0.288 e. The smallest absolute Gasteiger partial charge is 0.196 e. The van der Waals surface area contributed by atoms with Gasteiger partial charge in [-0.2, -0.15) is 0 Å². The number of carbonyl (C=O) groups is 1. The number of hydrogen-bond acceptors (Lipinski definition) is 2. The molecule has 1 heterocycles. The Hall–Kier alpha value is -1.07. The summed E-state index contributed by atoms with van der Waals surface area (Å²) >= 11 is 4.54. The Morgan fingerprint density at radius 3 is 2.59 bits per heavy atom. The van der Waals surface area contributed by atoms with Gasteiger partial charge in [-0.05, 0) is 40.5 Å². The predicted molar refractivity (Wildman–Crippen MR) is 66.5 cm³/mol. The average molecular weight is 317 g/mol. The standard InChI is InChI=1S/C12H7BrF2OS/c1-6-2-3-8(11(15)10(6)14)12(16)7-4-9(13)17-5-7/h2-5H,1H3. The number of halogens is 3. The van der Waals surface area contributed by atoms with E-state index in [0.717, 1.165) is 3.79 Å². The summed E-state index contributed by atoms with van der Waals surface area (Å²) in [5.41, 5.74) is 0.299. The van der Waals surface area contributed by atoms with Gasteiger partial charge in [0, 0.05) is 10.9 Å². The Morgan fingerprint density at radius 2 is 2.00 bits per heavy atom. The van der Waals surface area contributed by atoms with Crippen LogP contribution in [0.4, 0.5) is 8.78 Å². The molecule has 2 rings (SSSR count). The minimum atomic E-state index is -1.09. The lowest BCUT2D eigenvalue weighted by Crippen LogP contribution is -2.05. The van der Waals surface area contributed by atoms with Crippen molar-refractivity contribution >= 4 is 33.0 Å². The second-order valence-corrected chi connectivity index (χ2v) is 5.82. The molecule has 0 atom stereocenters. The fourth-order valence-electron chi connectivity index (χ4n) is 1.41. The summed E-state index contributed by atoms with van der Waals surface area (Å²) in [6, 6.07) is 4.29. The topological polar surface area (TPSA) is 17.1 Å². The summed E-state index contributed by atoms with van der Waals surface area (Å²) in [6.45, 7) is 1.45. The van der Waals surface area contributed by atoms with Crippen LogP contribution in [0.25, 0.3) is 0 Å². The third kappa shape index (κ3) is 2.30. The normalized spacial score (nSPS) is 10.6. The number of thiophene rings is 1. The van der Waals surface area contributed by atoms with Gasteiger partial charge in [0.1, 0.15) is 0 Å². The van der Waals surface area contributed by atoms with Gasteiger partial charge in [0.05, 0.1) is 9.35 Å². The highest BCUT2D eigenvalue weighted by Crippen LogP contribution is 2.24. The zero-order valence-electron chi connectivity index (χ0n) is 8.76. The van der Waals surface area contributed by atoms with Crippen LogP contribution in [0.3, 0.4) is 0 Å². The molecule has 0 N–H and O–H groups in total. The zero-order chi connectivity index (χ0) is 12.6. The molecule has 0 amide bonds. The third-order valence-electron chi connectivity index (χ3n) is 2.35. The molecule has 0 spiro atoms. The van der Waals surface area contributed by atoms with E-state index in [2.05, 4.69) is 15.9 Å². The maximum atomic E-state index is 13.6. The molecule has 1 nitrogen and oxygen atoms in total. The molecular formula is C12H7BrF2OS. The van der Waals surface area contributed by atoms with E-state index in [9.17, 15) is 13.6 Å². The van der Waals surface area contributed by atoms with Crippen LogP contribution in [0.5, 0.6) is 0 Å². The molecule has 2 aromatic rings. The van der Waals surface area contributed by atoms with Gasteiger partial charge in [-0.1, -0.05) is 6.07 Å². The second kappa shape index (κ2) is 4.66. The molecule has 0 fully saturated rings. The molecule has 1 aromatic carbocycles. The average Bonchev–Trinajstić information content (AvgIpc) is 2.72. The molecule has 0 aliphatic heterocycles. The third-order valence-corrected chi connectivity index (χ3v) is 3.85. The van der Waals surface area contributed by atoms with Crippen molar-refractivity contribution in [3.63, 3.8) is 0 Å². The summed E-state index contributed by atoms with van der Waals surface area (Å²) in [5, 5.41) is 1.60. The molecule has 17 heavy (non-hydrogen) atoms. The van der Waals surface area contributed by atoms with Crippen molar-refractivity contribution in [1.29, 1.82) is 0 Å². The summed E-state index contributed by atoms with van der Waals surface area (Å²) in [7, 11) is 0. The lowest BCUT2D eigenvalue weighted by Gasteiger charge is -2.03. The van der Waals surface area contributed by atoms with E-state index in [4.69, 9.17) is 0 Å². The first-order chi connectivity index (χ1) is 8.00. The summed E-state index contributed by atoms with van der Waals surface area (Å²) in [6.07, 6.45) is 0. The number of aryl methyl sites for hydroxylation is 1. The van der Waals surface area contributed by atoms with Crippen molar-refractivity contribution in [2.24, 2.45) is 0 Å². The van der Waals surface area contributed by atoms with Gasteiger partial charge in [-0.3, -0.25) is 4.79 Å². The molecule has 5 heteroatoms. The Kier molecular flexibility index (Phi) is 3.40. The highest BCUT2D eigenvalue weighted by Gasteiger charge is 2.19. The van der Waals surface area contributed by atoms with Crippen LogP contribution in [0.1, 0.15) is 21.5 Å². The maximum absolute atomic E-state index is 13.6. The van der Waals surface area contributed by atoms with Gasteiger partial charge in [0.2, 0.25) is 0 Å². The van der Waals surface area contributed by atoms with E-state index in [1.165, 1.54) is 30.4 Å². The van der Waals surface area contributed by atoms with Crippen molar-refractivity contribution in [2.45, 2.75) is 6.92 Å². The van der Waals surface area contributed by atoms with E-state index < -0.39 is 17.4 Å². The number of ketones is 1. The highest BCUT2D eigenvalue weighted by atomic mass is 79.9. The molecule has 0 aliphatic carbocycles. The monoisotopic (exact) mass is 316 g/mol. The first kappa shape index (κ1) is 12.4. The van der Waals surface area contributed by atoms with Crippen LogP contribution in [0.2, 0.25) is 0 Å². The Morgan fingerprint density at radius 1 is 1.29 bits per heavy atom. The maximum Gasteiger partial charge on any atom is 0.196 e. The van der Waals surface area contributed by atoms with Crippen molar-refractivity contribution in [3.05, 3.63) is 55.7 Å². The number of carbonyl (C=O) groups excluding carboxylic acids is 1. The largest absolute Gasteiger partial charge is 0.288 e. The first-order valence-electron chi connectivity index (χ1n) is 4.74. The van der Waals surface area contributed by atoms with Crippen molar-refractivity contribution < 1.29 is 13.6 Å². The van der Waals surface area contributed by atoms with Crippen LogP contribution in [-0.2, 0) is 0 Å². The van der Waals surface area contributed by atoms with Gasteiger partial charge in [0.15, 0.2) is 17.4 Å². The van der Waals surface area contributed by atoms with Crippen molar-refractivity contribution in [1.82, 2.24) is 0 Å². The van der Waals surface area contributed by atoms with Crippen LogP contribution >= 0.6 is 27.3 Å². The van der Waals surface area contributed by atoms with E-state index in [-0.39, 0.29) is 11.1 Å². The molecule has 1 aromatic heterocycles. The molecule has 0 saturated carbocycles. The van der Waals surface area contributed by atoms with Gasteiger partial charge >= 0.3 is 0 Å². The van der Waals surface area contributed by atoms with Crippen LogP contribution in [0.15, 0.2) is 27.4 Å². The van der Waals surface area contributed by atoms with Crippen LogP contribution in [0, 0.1) is 18.6 Å². The van der Waals surface area contributed by atoms with E-state index in [1.54, 1.807) is 11.4 Å². The highest BCUT2D eigenvalue weighted by molar-refractivity contribution is 9.11. The Bertz CT molecular complexity index is 592. The molecule has 0 unspecified atom stereocenters. The fourth-order valence-corrected chi connectivity index (χ4v) is 2.54. The fraction of sp³-hybridized carbons (Fsp3) is 0.0833. The van der Waals surface area contributed by atoms with Gasteiger partial charge in [0.25, 0.3) is 0 Å². The zero-order valence-corrected chi connectivity index (χ0v) is 11.2. The first-order valence-corrected chi connectivity index (χ1v) is 6.41. The lowest BCUT2D eigenvalue weighted by atomic mass is 10.0. The molecule has 0 saturated heterocycles. The molecule has 0 aliphatic rings. The summed E-state index contributed by atoms with van der Waals surface area (Å²) in [4.78, 5) is 11.9. The van der Waals surface area contributed by atoms with Crippen molar-refractivity contribution in [3.8, 4) is 0 Å². The number of rotatable bonds is 2. The summed E-state index contributed by atoms with van der Waals surface area (Å²) in [5.74, 6) is -2.56. The van der Waals surface area contributed by atoms with Crippen molar-refractivity contribution in [2.75, 3.05) is 0 Å². The Labute approximate surface area is 109 Å².